The van der Waals surface area contributed by atoms with Crippen LogP contribution in [0.1, 0.15) is 31.2 Å². The van der Waals surface area contributed by atoms with Crippen molar-refractivity contribution < 1.29 is 0 Å². The molecule has 0 bridgehead atoms. The fourth-order valence-electron chi connectivity index (χ4n) is 2.96. The zero-order chi connectivity index (χ0) is 13.0. The van der Waals surface area contributed by atoms with Crippen molar-refractivity contribution in [3.05, 3.63) is 47.5 Å². The molecule has 18 heavy (non-hydrogen) atoms. The lowest BCUT2D eigenvalue weighted by Gasteiger charge is -2.44. The minimum absolute atomic E-state index is 0.133. The van der Waals surface area contributed by atoms with Crippen molar-refractivity contribution in [2.24, 2.45) is 0 Å². The number of hydrogen-bond acceptors (Lipinski definition) is 2. The van der Waals surface area contributed by atoms with Crippen LogP contribution in [0, 0.1) is 11.3 Å². The Labute approximate surface area is 110 Å². The molecule has 0 N–H and O–H groups in total. The first-order valence-electron chi connectivity index (χ1n) is 6.49. The van der Waals surface area contributed by atoms with Gasteiger partial charge in [0.2, 0.25) is 0 Å². The Morgan fingerprint density at radius 3 is 2.28 bits per heavy atom. The van der Waals surface area contributed by atoms with Gasteiger partial charge in [-0.2, -0.15) is 5.26 Å². The first kappa shape index (κ1) is 12.9. The van der Waals surface area contributed by atoms with Crippen molar-refractivity contribution in [1.82, 2.24) is 4.90 Å². The lowest BCUT2D eigenvalue weighted by molar-refractivity contribution is 0.113. The number of benzene rings is 1. The highest BCUT2D eigenvalue weighted by Gasteiger charge is 2.36. The topological polar surface area (TPSA) is 27.0 Å². The van der Waals surface area contributed by atoms with Crippen LogP contribution in [-0.2, 0) is 5.54 Å². The van der Waals surface area contributed by atoms with E-state index in [1.165, 1.54) is 11.1 Å². The van der Waals surface area contributed by atoms with E-state index in [9.17, 15) is 0 Å². The normalized spacial score (nSPS) is 23.8. The van der Waals surface area contributed by atoms with Crippen LogP contribution >= 0.6 is 0 Å². The molecule has 94 valence electrons. The van der Waals surface area contributed by atoms with Gasteiger partial charge in [0.05, 0.1) is 6.07 Å². The molecule has 1 saturated carbocycles. The monoisotopic (exact) mass is 240 g/mol. The lowest BCUT2D eigenvalue weighted by atomic mass is 9.74. The second-order valence-corrected chi connectivity index (χ2v) is 5.22. The van der Waals surface area contributed by atoms with Gasteiger partial charge in [-0.3, -0.25) is 4.90 Å². The van der Waals surface area contributed by atoms with E-state index < -0.39 is 0 Å². The summed E-state index contributed by atoms with van der Waals surface area (Å²) in [6, 6.07) is 12.9. The molecule has 2 rings (SSSR count). The minimum atomic E-state index is 0.133. The van der Waals surface area contributed by atoms with Gasteiger partial charge in [0.1, 0.15) is 0 Å². The molecule has 0 amide bonds. The van der Waals surface area contributed by atoms with Gasteiger partial charge >= 0.3 is 0 Å². The number of nitriles is 1. The Morgan fingerprint density at radius 1 is 1.17 bits per heavy atom. The molecule has 0 spiro atoms. The third kappa shape index (κ3) is 2.32. The lowest BCUT2D eigenvalue weighted by Crippen LogP contribution is -2.43. The molecule has 1 fully saturated rings. The second-order valence-electron chi connectivity index (χ2n) is 5.22. The average molecular weight is 240 g/mol. The van der Waals surface area contributed by atoms with E-state index in [0.717, 1.165) is 25.7 Å². The van der Waals surface area contributed by atoms with Gasteiger partial charge in [0.25, 0.3) is 0 Å². The summed E-state index contributed by atoms with van der Waals surface area (Å²) in [6.07, 6.45) is 5.97. The van der Waals surface area contributed by atoms with Crippen LogP contribution in [-0.4, -0.2) is 19.0 Å². The number of allylic oxidation sites excluding steroid dienone is 2. The molecule has 2 nitrogen and oxygen atoms in total. The van der Waals surface area contributed by atoms with E-state index in [2.05, 4.69) is 55.4 Å². The van der Waals surface area contributed by atoms with Crippen LogP contribution in [0.25, 0.3) is 0 Å². The predicted molar refractivity (Wildman–Crippen MR) is 74.0 cm³/mol. The van der Waals surface area contributed by atoms with Crippen LogP contribution in [0.4, 0.5) is 0 Å². The maximum atomic E-state index is 8.74. The molecule has 1 aromatic rings. The third-order valence-corrected chi connectivity index (χ3v) is 4.16. The van der Waals surface area contributed by atoms with E-state index in [1.54, 1.807) is 6.08 Å². The summed E-state index contributed by atoms with van der Waals surface area (Å²) in [6.45, 7) is 0. The summed E-state index contributed by atoms with van der Waals surface area (Å²) >= 11 is 0. The van der Waals surface area contributed by atoms with Crippen LogP contribution in [0.15, 0.2) is 42.0 Å². The highest BCUT2D eigenvalue weighted by atomic mass is 15.1. The van der Waals surface area contributed by atoms with Crippen molar-refractivity contribution in [3.8, 4) is 6.07 Å². The minimum Gasteiger partial charge on any atom is -0.300 e. The average Bonchev–Trinajstić information content (AvgIpc) is 2.41. The molecule has 1 aliphatic carbocycles. The molecule has 1 aromatic carbocycles. The predicted octanol–water partition coefficient (Wildman–Crippen LogP) is 3.47. The number of hydrogen-bond donors (Lipinski definition) is 0. The van der Waals surface area contributed by atoms with Crippen molar-refractivity contribution in [1.29, 1.82) is 5.26 Å². The summed E-state index contributed by atoms with van der Waals surface area (Å²) < 4.78 is 0. The van der Waals surface area contributed by atoms with E-state index in [1.807, 2.05) is 0 Å². The quantitative estimate of drug-likeness (QED) is 0.740. The highest BCUT2D eigenvalue weighted by Crippen LogP contribution is 2.42. The van der Waals surface area contributed by atoms with E-state index in [-0.39, 0.29) is 5.54 Å². The number of nitrogens with zero attached hydrogens (tertiary/aromatic N) is 2. The van der Waals surface area contributed by atoms with Crippen molar-refractivity contribution in [2.45, 2.75) is 31.2 Å². The van der Waals surface area contributed by atoms with E-state index >= 15 is 0 Å². The first-order valence-corrected chi connectivity index (χ1v) is 6.49. The van der Waals surface area contributed by atoms with Crippen molar-refractivity contribution in [2.75, 3.05) is 14.1 Å². The molecule has 1 aliphatic rings. The molecule has 0 radical (unpaired) electrons. The zero-order valence-corrected chi connectivity index (χ0v) is 11.2. The summed E-state index contributed by atoms with van der Waals surface area (Å²) in [5.41, 5.74) is 2.82. The van der Waals surface area contributed by atoms with Crippen LogP contribution in [0.2, 0.25) is 0 Å². The highest BCUT2D eigenvalue weighted by molar-refractivity contribution is 5.28. The molecule has 0 unspecified atom stereocenters. The smallest absolute Gasteiger partial charge is 0.0911 e. The van der Waals surface area contributed by atoms with Gasteiger partial charge in [-0.15, -0.1) is 0 Å². The molecular formula is C16H20N2. The Kier molecular flexibility index (Phi) is 3.84. The first-order chi connectivity index (χ1) is 8.69. The van der Waals surface area contributed by atoms with Gasteiger partial charge in [-0.1, -0.05) is 35.9 Å². The standard InChI is InChI=1S/C16H20N2/c1-18(2)16(15-6-4-3-5-7-15)11-8-14(9-12-16)10-13-17/h3-7,10H,8-9,11-12H2,1-2H3. The summed E-state index contributed by atoms with van der Waals surface area (Å²) in [5, 5.41) is 8.74. The molecule has 0 atom stereocenters. The van der Waals surface area contributed by atoms with Crippen molar-refractivity contribution >= 4 is 0 Å². The maximum absolute atomic E-state index is 8.74. The van der Waals surface area contributed by atoms with Gasteiger partial charge < -0.3 is 0 Å². The van der Waals surface area contributed by atoms with Gasteiger partial charge in [0.15, 0.2) is 0 Å². The third-order valence-electron chi connectivity index (χ3n) is 4.16. The Bertz CT molecular complexity index is 456. The van der Waals surface area contributed by atoms with Crippen LogP contribution < -0.4 is 0 Å². The van der Waals surface area contributed by atoms with Gasteiger partial charge in [0, 0.05) is 11.6 Å². The molecule has 0 heterocycles. The molecule has 0 aromatic heterocycles. The zero-order valence-electron chi connectivity index (χ0n) is 11.2. The second kappa shape index (κ2) is 5.37. The Morgan fingerprint density at radius 2 is 1.78 bits per heavy atom. The molecular weight excluding hydrogens is 220 g/mol. The van der Waals surface area contributed by atoms with Gasteiger partial charge in [-0.25, -0.2) is 0 Å². The Balaban J connectivity index is 2.27. The summed E-state index contributed by atoms with van der Waals surface area (Å²) in [5.74, 6) is 0. The fraction of sp³-hybridized carbons (Fsp3) is 0.438. The largest absolute Gasteiger partial charge is 0.300 e. The summed E-state index contributed by atoms with van der Waals surface area (Å²) in [7, 11) is 4.32. The molecule has 0 saturated heterocycles. The van der Waals surface area contributed by atoms with Crippen LogP contribution in [0.5, 0.6) is 0 Å². The van der Waals surface area contributed by atoms with Crippen LogP contribution in [0.3, 0.4) is 0 Å². The molecule has 0 aliphatic heterocycles. The van der Waals surface area contributed by atoms with Crippen molar-refractivity contribution in [3.63, 3.8) is 0 Å². The van der Waals surface area contributed by atoms with E-state index in [4.69, 9.17) is 5.26 Å². The molecule has 2 heteroatoms. The SMILES string of the molecule is CN(C)C1(c2ccccc2)CCC(=CC#N)CC1. The van der Waals surface area contributed by atoms with Gasteiger partial charge in [-0.05, 0) is 45.3 Å². The maximum Gasteiger partial charge on any atom is 0.0911 e. The fourth-order valence-corrected chi connectivity index (χ4v) is 2.96. The number of rotatable bonds is 2. The summed E-state index contributed by atoms with van der Waals surface area (Å²) in [4.78, 5) is 2.34. The Hall–Kier alpha value is -1.59. The van der Waals surface area contributed by atoms with E-state index in [0.29, 0.717) is 0 Å².